The van der Waals surface area contributed by atoms with Gasteiger partial charge in [0, 0.05) is 69.7 Å². The van der Waals surface area contributed by atoms with Crippen molar-refractivity contribution >= 4 is 113 Å². The van der Waals surface area contributed by atoms with E-state index in [4.69, 9.17) is 0 Å². The van der Waals surface area contributed by atoms with Gasteiger partial charge in [0.25, 0.3) is 0 Å². The molecule has 0 unspecified atom stereocenters. The number of aryl methyl sites for hydroxylation is 6. The molecule has 10 heteroatoms. The summed E-state index contributed by atoms with van der Waals surface area (Å²) < 4.78 is 0. The van der Waals surface area contributed by atoms with Crippen LogP contribution in [0.25, 0.3) is 50.1 Å². The summed E-state index contributed by atoms with van der Waals surface area (Å²) in [6.07, 6.45) is 0. The molecule has 10 heterocycles. The van der Waals surface area contributed by atoms with Crippen molar-refractivity contribution in [3.8, 4) is 50.1 Å². The number of hydrogen-bond donors (Lipinski definition) is 0. The Balaban J connectivity index is 0.000000119. The van der Waals surface area contributed by atoms with Crippen molar-refractivity contribution in [3.05, 3.63) is 171 Å². The molecule has 0 N–H and O–H groups in total. The molecule has 0 amide bonds. The Morgan fingerprint density at radius 3 is 1.04 bits per heavy atom. The molecular weight excluding hydrogens is 873 g/mol. The molecule has 56 heavy (non-hydrogen) atoms. The van der Waals surface area contributed by atoms with Crippen molar-refractivity contribution in [1.29, 1.82) is 0 Å². The van der Waals surface area contributed by atoms with Crippen LogP contribution >= 0.6 is 113 Å². The van der Waals surface area contributed by atoms with Crippen molar-refractivity contribution in [1.82, 2.24) is 0 Å². The highest BCUT2D eigenvalue weighted by Crippen LogP contribution is 2.34. The molecule has 0 aliphatic rings. The first kappa shape index (κ1) is 42.6. The van der Waals surface area contributed by atoms with Crippen LogP contribution in [-0.4, -0.2) is 0 Å². The van der Waals surface area contributed by atoms with Crippen molar-refractivity contribution in [3.63, 3.8) is 0 Å². The van der Waals surface area contributed by atoms with Gasteiger partial charge in [-0.25, -0.2) is 0 Å². The summed E-state index contributed by atoms with van der Waals surface area (Å²) in [6.45, 7) is 12.8. The summed E-state index contributed by atoms with van der Waals surface area (Å²) in [7, 11) is 0. The smallest absolute Gasteiger partial charge is 0.0445 e. The first-order valence-corrected chi connectivity index (χ1v) is 26.4. The van der Waals surface area contributed by atoms with E-state index in [0.29, 0.717) is 0 Å². The minimum atomic E-state index is 1.35. The Kier molecular flexibility index (Phi) is 16.5. The van der Waals surface area contributed by atoms with Gasteiger partial charge < -0.3 is 0 Å². The summed E-state index contributed by atoms with van der Waals surface area (Å²) in [5.74, 6) is 0. The van der Waals surface area contributed by atoms with E-state index in [1.165, 1.54) is 80.8 Å². The number of thiophene rings is 10. The second-order valence-corrected chi connectivity index (χ2v) is 23.0. The van der Waals surface area contributed by atoms with Gasteiger partial charge >= 0.3 is 0 Å². The maximum absolute atomic E-state index is 2.23. The lowest BCUT2D eigenvalue weighted by molar-refractivity contribution is 1.56. The van der Waals surface area contributed by atoms with Gasteiger partial charge in [-0.3, -0.25) is 0 Å². The summed E-state index contributed by atoms with van der Waals surface area (Å²) >= 11 is 18.2. The predicted octanol–water partition coefficient (Wildman–Crippen LogP) is 19.2. The molecule has 10 aromatic heterocycles. The Hall–Kier alpha value is -3.00. The molecule has 286 valence electrons. The van der Waals surface area contributed by atoms with E-state index in [2.05, 4.69) is 182 Å². The van der Waals surface area contributed by atoms with E-state index in [9.17, 15) is 0 Å². The summed E-state index contributed by atoms with van der Waals surface area (Å²) in [5.41, 5.74) is 5.43. The van der Waals surface area contributed by atoms with Crippen LogP contribution in [0, 0.1) is 41.5 Å². The van der Waals surface area contributed by atoms with Crippen LogP contribution < -0.4 is 0 Å². The molecule has 0 aliphatic carbocycles. The molecule has 0 saturated heterocycles. The average molecular weight is 916 g/mol. The highest BCUT2D eigenvalue weighted by molar-refractivity contribution is 7.22. The zero-order valence-electron chi connectivity index (χ0n) is 31.9. The fraction of sp³-hybridized carbons (Fsp3) is 0.130. The van der Waals surface area contributed by atoms with Gasteiger partial charge in [-0.2, -0.15) is 22.7 Å². The van der Waals surface area contributed by atoms with E-state index >= 15 is 0 Å². The Bertz CT molecular complexity index is 2210. The molecule has 0 bridgehead atoms. The van der Waals surface area contributed by atoms with Gasteiger partial charge in [-0.1, -0.05) is 12.1 Å². The average Bonchev–Trinajstić information content (AvgIpc) is 4.02. The molecule has 0 atom stereocenters. The van der Waals surface area contributed by atoms with E-state index in [1.807, 2.05) is 68.0 Å². The fourth-order valence-corrected chi connectivity index (χ4v) is 13.6. The summed E-state index contributed by atoms with van der Waals surface area (Å²) in [6, 6.07) is 34.7. The lowest BCUT2D eigenvalue weighted by atomic mass is 10.2. The molecule has 0 aliphatic heterocycles. The van der Waals surface area contributed by atoms with Crippen LogP contribution in [0.3, 0.4) is 0 Å². The van der Waals surface area contributed by atoms with Crippen molar-refractivity contribution < 1.29 is 0 Å². The normalized spacial score (nSPS) is 10.3. The van der Waals surface area contributed by atoms with Crippen LogP contribution in [0.2, 0.25) is 0 Å². The highest BCUT2D eigenvalue weighted by atomic mass is 32.1. The van der Waals surface area contributed by atoms with E-state index < -0.39 is 0 Å². The highest BCUT2D eigenvalue weighted by Gasteiger charge is 2.03. The van der Waals surface area contributed by atoms with Crippen LogP contribution in [-0.2, 0) is 0 Å². The number of hydrogen-bond acceptors (Lipinski definition) is 10. The standard InChI is InChI=1S/C10H10S2.4C9H8S2/c1-7-3-5-9(11-7)10-6-4-8(2)12-10;1-7-4-9(11-5-7)8-2-3-10-6-8;1-7-2-3-9(11-7)8-4-5-10-6-8;1-7-4-5-9(11-7)8-3-2-6-10-8;1-7-5-9(11-6-7)8-3-2-4-10-8/h3-6H,1-2H3;4*2-6H,1H3. The SMILES string of the molecule is Cc1ccc(-c2ccc(C)s2)s1.Cc1ccc(-c2cccs2)s1.Cc1ccc(-c2ccsc2)s1.Cc1csc(-c2cccs2)c1.Cc1csc(-c2ccsc2)c1. The van der Waals surface area contributed by atoms with Crippen LogP contribution in [0.1, 0.15) is 30.6 Å². The maximum atomic E-state index is 2.23. The Morgan fingerprint density at radius 2 is 0.696 bits per heavy atom. The fourth-order valence-electron chi connectivity index (χ4n) is 5.08. The molecule has 0 radical (unpaired) electrons. The van der Waals surface area contributed by atoms with Crippen LogP contribution in [0.5, 0.6) is 0 Å². The third-order valence-electron chi connectivity index (χ3n) is 7.80. The molecular formula is C46H42S10. The minimum Gasteiger partial charge on any atom is -0.152 e. The monoisotopic (exact) mass is 914 g/mol. The molecule has 0 spiro atoms. The van der Waals surface area contributed by atoms with Gasteiger partial charge in [0.05, 0.1) is 0 Å². The minimum absolute atomic E-state index is 1.35. The third kappa shape index (κ3) is 13.0. The Morgan fingerprint density at radius 1 is 0.304 bits per heavy atom. The molecule has 0 aromatic carbocycles. The molecule has 10 aromatic rings. The van der Waals surface area contributed by atoms with Crippen molar-refractivity contribution in [2.24, 2.45) is 0 Å². The van der Waals surface area contributed by atoms with Gasteiger partial charge in [-0.15, -0.1) is 90.7 Å². The zero-order valence-corrected chi connectivity index (χ0v) is 40.1. The second-order valence-electron chi connectivity index (χ2n) is 12.6. The van der Waals surface area contributed by atoms with Gasteiger partial charge in [-0.05, 0) is 181 Å². The van der Waals surface area contributed by atoms with Gasteiger partial charge in [0.1, 0.15) is 0 Å². The lowest BCUT2D eigenvalue weighted by Crippen LogP contribution is -1.60. The van der Waals surface area contributed by atoms with Crippen molar-refractivity contribution in [2.45, 2.75) is 41.5 Å². The second kappa shape index (κ2) is 21.7. The van der Waals surface area contributed by atoms with E-state index in [-0.39, 0.29) is 0 Å². The third-order valence-corrected chi connectivity index (χ3v) is 17.7. The van der Waals surface area contributed by atoms with Crippen LogP contribution in [0.15, 0.2) is 140 Å². The largest absolute Gasteiger partial charge is 0.152 e. The summed E-state index contributed by atoms with van der Waals surface area (Å²) in [5, 5.41) is 17.2. The molecule has 0 fully saturated rings. The molecule has 0 nitrogen and oxygen atoms in total. The molecule has 0 saturated carbocycles. The first-order valence-electron chi connectivity index (χ1n) is 17.7. The summed E-state index contributed by atoms with van der Waals surface area (Å²) in [4.78, 5) is 16.6. The topological polar surface area (TPSA) is 0 Å². The van der Waals surface area contributed by atoms with Gasteiger partial charge in [0.15, 0.2) is 0 Å². The quantitative estimate of drug-likeness (QED) is 0.161. The van der Waals surface area contributed by atoms with Crippen LogP contribution in [0.4, 0.5) is 0 Å². The zero-order chi connectivity index (χ0) is 39.3. The van der Waals surface area contributed by atoms with E-state index in [1.54, 1.807) is 45.3 Å². The predicted molar refractivity (Wildman–Crippen MR) is 267 cm³/mol. The number of rotatable bonds is 5. The lowest BCUT2D eigenvalue weighted by Gasteiger charge is -1.87. The van der Waals surface area contributed by atoms with Gasteiger partial charge in [0.2, 0.25) is 0 Å². The first-order chi connectivity index (χ1) is 27.2. The van der Waals surface area contributed by atoms with Crippen molar-refractivity contribution in [2.75, 3.05) is 0 Å². The Labute approximate surface area is 372 Å². The van der Waals surface area contributed by atoms with E-state index in [0.717, 1.165) is 0 Å². The molecule has 10 rings (SSSR count). The maximum Gasteiger partial charge on any atom is 0.0445 e.